The molecule has 0 saturated carbocycles. The second kappa shape index (κ2) is 16.6. The highest BCUT2D eigenvalue weighted by Crippen LogP contribution is 2.20. The molecular weight excluding hydrogens is 612 g/mol. The van der Waals surface area contributed by atoms with Crippen LogP contribution in [0.15, 0.2) is 104 Å². The van der Waals surface area contributed by atoms with E-state index in [0.29, 0.717) is 5.69 Å². The first-order valence-electron chi connectivity index (χ1n) is 15.7. The maximum Gasteiger partial charge on any atom is 0.408 e. The number of hydrogen-bond donors (Lipinski definition) is 5. The van der Waals surface area contributed by atoms with E-state index in [9.17, 15) is 19.2 Å². The molecule has 0 bridgehead atoms. The molecule has 0 unspecified atom stereocenters. The first kappa shape index (κ1) is 33.5. The number of carbonyl (C=O) groups excluding carboxylic acids is 4. The fraction of sp³-hybridized carbons (Fsp3) is 0.250. The minimum atomic E-state index is -1.12. The number of aromatic amines is 2. The van der Waals surface area contributed by atoms with Crippen molar-refractivity contribution in [1.29, 1.82) is 0 Å². The van der Waals surface area contributed by atoms with E-state index in [1.165, 1.54) is 6.33 Å². The predicted molar refractivity (Wildman–Crippen MR) is 178 cm³/mol. The Labute approximate surface area is 277 Å². The van der Waals surface area contributed by atoms with Crippen molar-refractivity contribution in [3.05, 3.63) is 126 Å². The number of para-hydroxylation sites is 1. The molecule has 0 fully saturated rings. The highest BCUT2D eigenvalue weighted by atomic mass is 16.5. The monoisotopic (exact) mass is 650 g/mol. The number of nitrogens with one attached hydrogen (secondary N) is 5. The third-order valence-electron chi connectivity index (χ3n) is 7.70. The van der Waals surface area contributed by atoms with Crippen molar-refractivity contribution in [2.24, 2.45) is 0 Å². The van der Waals surface area contributed by atoms with Crippen LogP contribution in [0, 0.1) is 0 Å². The number of esters is 1. The number of amides is 3. The summed E-state index contributed by atoms with van der Waals surface area (Å²) >= 11 is 0. The van der Waals surface area contributed by atoms with E-state index in [1.807, 2.05) is 84.9 Å². The van der Waals surface area contributed by atoms with Gasteiger partial charge in [0.25, 0.3) is 0 Å². The molecule has 48 heavy (non-hydrogen) atoms. The predicted octanol–water partition coefficient (Wildman–Crippen LogP) is 3.75. The van der Waals surface area contributed by atoms with Crippen LogP contribution in [0.5, 0.6) is 0 Å². The Morgan fingerprint density at radius 1 is 0.708 bits per heavy atom. The molecule has 2 aromatic heterocycles. The molecule has 2 heterocycles. The lowest BCUT2D eigenvalue weighted by molar-refractivity contribution is -0.147. The quantitative estimate of drug-likeness (QED) is 0.108. The number of fused-ring (bicyclic) bond motifs is 1. The number of rotatable bonds is 15. The topological polar surface area (TPSA) is 167 Å². The van der Waals surface area contributed by atoms with Crippen molar-refractivity contribution in [2.75, 3.05) is 6.61 Å². The summed E-state index contributed by atoms with van der Waals surface area (Å²) in [5.74, 6) is -1.81. The molecule has 12 nitrogen and oxygen atoms in total. The van der Waals surface area contributed by atoms with E-state index >= 15 is 0 Å². The number of aromatic nitrogens is 3. The zero-order valence-corrected chi connectivity index (χ0v) is 26.5. The summed E-state index contributed by atoms with van der Waals surface area (Å²) in [5, 5.41) is 9.18. The van der Waals surface area contributed by atoms with E-state index in [-0.39, 0.29) is 32.5 Å². The van der Waals surface area contributed by atoms with Crippen LogP contribution in [0.4, 0.5) is 4.79 Å². The molecule has 0 spiro atoms. The molecule has 0 aliphatic rings. The van der Waals surface area contributed by atoms with Crippen LogP contribution in [0.2, 0.25) is 0 Å². The van der Waals surface area contributed by atoms with Gasteiger partial charge in [-0.25, -0.2) is 14.6 Å². The molecule has 5 rings (SSSR count). The Kier molecular flexibility index (Phi) is 11.6. The van der Waals surface area contributed by atoms with Gasteiger partial charge in [0.05, 0.1) is 12.9 Å². The second-order valence-corrected chi connectivity index (χ2v) is 11.2. The number of carbonyl (C=O) groups is 4. The van der Waals surface area contributed by atoms with Gasteiger partial charge in [-0.1, -0.05) is 78.9 Å². The van der Waals surface area contributed by atoms with E-state index in [1.54, 1.807) is 19.3 Å². The van der Waals surface area contributed by atoms with Crippen molar-refractivity contribution in [3.8, 4) is 0 Å². The highest BCUT2D eigenvalue weighted by molar-refractivity contribution is 5.94. The van der Waals surface area contributed by atoms with Crippen LogP contribution >= 0.6 is 0 Å². The molecule has 0 aliphatic heterocycles. The molecule has 248 valence electrons. The van der Waals surface area contributed by atoms with Crippen molar-refractivity contribution >= 4 is 34.8 Å². The molecular formula is C36H38N6O6. The summed E-state index contributed by atoms with van der Waals surface area (Å²) < 4.78 is 10.7. The van der Waals surface area contributed by atoms with Gasteiger partial charge in [-0.3, -0.25) is 9.59 Å². The highest BCUT2D eigenvalue weighted by Gasteiger charge is 2.31. The van der Waals surface area contributed by atoms with Crippen molar-refractivity contribution in [2.45, 2.75) is 50.9 Å². The van der Waals surface area contributed by atoms with Gasteiger partial charge >= 0.3 is 12.1 Å². The molecule has 3 atom stereocenters. The molecule has 0 saturated heterocycles. The minimum absolute atomic E-state index is 0.00971. The molecule has 3 aromatic carbocycles. The molecule has 5 N–H and O–H groups in total. The van der Waals surface area contributed by atoms with Gasteiger partial charge < -0.3 is 35.4 Å². The van der Waals surface area contributed by atoms with Crippen LogP contribution in [0.25, 0.3) is 10.9 Å². The zero-order chi connectivity index (χ0) is 33.7. The van der Waals surface area contributed by atoms with E-state index in [2.05, 4.69) is 30.9 Å². The molecule has 0 aliphatic carbocycles. The van der Waals surface area contributed by atoms with Crippen molar-refractivity contribution in [3.63, 3.8) is 0 Å². The number of alkyl carbamates (subject to hydrolysis) is 1. The van der Waals surface area contributed by atoms with Gasteiger partial charge in [-0.05, 0) is 29.7 Å². The van der Waals surface area contributed by atoms with Gasteiger partial charge in [0.1, 0.15) is 24.7 Å². The first-order chi connectivity index (χ1) is 23.4. The number of H-pyrrole nitrogens is 2. The summed E-state index contributed by atoms with van der Waals surface area (Å²) in [5.41, 5.74) is 3.87. The Morgan fingerprint density at radius 3 is 2.04 bits per heavy atom. The largest absolute Gasteiger partial charge is 0.464 e. The fourth-order valence-corrected chi connectivity index (χ4v) is 5.29. The lowest BCUT2D eigenvalue weighted by atomic mass is 10.0. The Balaban J connectivity index is 1.34. The zero-order valence-electron chi connectivity index (χ0n) is 26.5. The van der Waals surface area contributed by atoms with Crippen LogP contribution in [-0.2, 0) is 49.7 Å². The Bertz CT molecular complexity index is 1790. The Hall–Kier alpha value is -5.91. The van der Waals surface area contributed by atoms with E-state index < -0.39 is 42.0 Å². The van der Waals surface area contributed by atoms with Gasteiger partial charge in [-0.2, -0.15) is 0 Å². The SMILES string of the molecule is CCOC(=O)[C@H](Cc1c[nH]c2ccccc12)NC(=O)[C@@H](Cc1ccccc1)NC(=O)[C@@H](Cc1cnc[nH]1)NC(=O)OCc1ccccc1. The van der Waals surface area contributed by atoms with Gasteiger partial charge in [0.15, 0.2) is 0 Å². The maximum atomic E-state index is 13.9. The molecule has 5 aromatic rings. The number of ether oxygens (including phenoxy) is 2. The van der Waals surface area contributed by atoms with E-state index in [4.69, 9.17) is 9.47 Å². The molecule has 0 radical (unpaired) electrons. The third-order valence-corrected chi connectivity index (χ3v) is 7.70. The summed E-state index contributed by atoms with van der Waals surface area (Å²) in [6, 6.07) is 22.7. The number of nitrogens with zero attached hydrogens (tertiary/aromatic N) is 1. The van der Waals surface area contributed by atoms with Crippen molar-refractivity contribution < 1.29 is 28.7 Å². The van der Waals surface area contributed by atoms with Gasteiger partial charge in [0, 0.05) is 48.3 Å². The summed E-state index contributed by atoms with van der Waals surface area (Å²) in [6.45, 7) is 1.83. The third kappa shape index (κ3) is 9.32. The summed E-state index contributed by atoms with van der Waals surface area (Å²) in [7, 11) is 0. The van der Waals surface area contributed by atoms with Gasteiger partial charge in [0.2, 0.25) is 11.8 Å². The average molecular weight is 651 g/mol. The summed E-state index contributed by atoms with van der Waals surface area (Å²) in [6.07, 6.45) is 4.34. The lowest BCUT2D eigenvalue weighted by Crippen LogP contribution is -2.57. The number of hydrogen-bond acceptors (Lipinski definition) is 7. The van der Waals surface area contributed by atoms with Crippen LogP contribution in [-0.4, -0.2) is 63.6 Å². The smallest absolute Gasteiger partial charge is 0.408 e. The number of benzene rings is 3. The van der Waals surface area contributed by atoms with Gasteiger partial charge in [-0.15, -0.1) is 0 Å². The minimum Gasteiger partial charge on any atom is -0.464 e. The second-order valence-electron chi connectivity index (χ2n) is 11.2. The fourth-order valence-electron chi connectivity index (χ4n) is 5.29. The Morgan fingerprint density at radius 2 is 1.35 bits per heavy atom. The lowest BCUT2D eigenvalue weighted by Gasteiger charge is -2.25. The average Bonchev–Trinajstić information content (AvgIpc) is 3.77. The molecule has 12 heteroatoms. The van der Waals surface area contributed by atoms with Crippen LogP contribution in [0.1, 0.15) is 29.3 Å². The number of imidazole rings is 1. The molecule has 3 amide bonds. The normalized spacial score (nSPS) is 12.8. The summed E-state index contributed by atoms with van der Waals surface area (Å²) in [4.78, 5) is 63.8. The van der Waals surface area contributed by atoms with Crippen LogP contribution in [0.3, 0.4) is 0 Å². The first-order valence-corrected chi connectivity index (χ1v) is 15.7. The van der Waals surface area contributed by atoms with Crippen molar-refractivity contribution in [1.82, 2.24) is 30.9 Å². The maximum absolute atomic E-state index is 13.9. The van der Waals surface area contributed by atoms with E-state index in [0.717, 1.165) is 27.6 Å². The standard InChI is InChI=1S/C36H38N6O6/c1-2-47-35(45)32(18-26-20-38-29-16-10-9-15-28(26)29)41-33(43)30(17-24-11-5-3-6-12-24)40-34(44)31(19-27-21-37-23-39-27)42-36(46)48-22-25-13-7-4-8-14-25/h3-16,20-21,23,30-32,38H,2,17-19,22H2,1H3,(H,37,39)(H,40,44)(H,41,43)(H,42,46)/t30-,31-,32+/m1/s1. The van der Waals surface area contributed by atoms with Crippen LogP contribution < -0.4 is 16.0 Å².